The average molecular weight is 386 g/mol. The summed E-state index contributed by atoms with van der Waals surface area (Å²) in [5.41, 5.74) is 0.145. The SMILES string of the molecule is CC(C)NC(=O)c1ccc(NC(=O)CN2C(=O)NC3(CCCCC3)C2=O)cc1. The van der Waals surface area contributed by atoms with Gasteiger partial charge >= 0.3 is 6.03 Å². The van der Waals surface area contributed by atoms with Gasteiger partial charge in [-0.2, -0.15) is 0 Å². The maximum absolute atomic E-state index is 12.7. The first-order valence-corrected chi connectivity index (χ1v) is 9.66. The first kappa shape index (κ1) is 19.9. The lowest BCUT2D eigenvalue weighted by Crippen LogP contribution is -2.48. The molecule has 2 fully saturated rings. The lowest BCUT2D eigenvalue weighted by molar-refractivity contribution is -0.134. The number of anilines is 1. The highest BCUT2D eigenvalue weighted by Gasteiger charge is 2.51. The third-order valence-electron chi connectivity index (χ3n) is 5.11. The molecule has 0 bridgehead atoms. The van der Waals surface area contributed by atoms with Gasteiger partial charge in [-0.1, -0.05) is 19.3 Å². The molecule has 1 saturated carbocycles. The van der Waals surface area contributed by atoms with Gasteiger partial charge in [-0.3, -0.25) is 19.3 Å². The van der Waals surface area contributed by atoms with Gasteiger partial charge in [0.25, 0.3) is 11.8 Å². The summed E-state index contributed by atoms with van der Waals surface area (Å²) in [5.74, 6) is -0.964. The van der Waals surface area contributed by atoms with Crippen LogP contribution in [0.2, 0.25) is 0 Å². The Morgan fingerprint density at radius 2 is 1.75 bits per heavy atom. The number of hydrogen-bond donors (Lipinski definition) is 3. The summed E-state index contributed by atoms with van der Waals surface area (Å²) in [6.45, 7) is 3.42. The first-order valence-electron chi connectivity index (χ1n) is 9.66. The van der Waals surface area contributed by atoms with Gasteiger partial charge < -0.3 is 16.0 Å². The fraction of sp³-hybridized carbons (Fsp3) is 0.500. The summed E-state index contributed by atoms with van der Waals surface area (Å²) in [5, 5.41) is 8.24. The standard InChI is InChI=1S/C20H26N4O4/c1-13(2)21-17(26)14-6-8-15(9-7-14)22-16(25)12-24-18(27)20(23-19(24)28)10-4-3-5-11-20/h6-9,13H,3-5,10-12H2,1-2H3,(H,21,26)(H,22,25)(H,23,28). The van der Waals surface area contributed by atoms with Crippen LogP contribution >= 0.6 is 0 Å². The minimum absolute atomic E-state index is 0.0310. The molecule has 3 N–H and O–H groups in total. The van der Waals surface area contributed by atoms with Gasteiger partial charge in [0.2, 0.25) is 5.91 Å². The summed E-state index contributed by atoms with van der Waals surface area (Å²) >= 11 is 0. The van der Waals surface area contributed by atoms with E-state index in [4.69, 9.17) is 0 Å². The topological polar surface area (TPSA) is 108 Å². The van der Waals surface area contributed by atoms with E-state index in [9.17, 15) is 19.2 Å². The normalized spacial score (nSPS) is 18.3. The van der Waals surface area contributed by atoms with Gasteiger partial charge in [-0.05, 0) is 51.0 Å². The van der Waals surface area contributed by atoms with Crippen LogP contribution in [0.15, 0.2) is 24.3 Å². The number of nitrogens with zero attached hydrogens (tertiary/aromatic N) is 1. The van der Waals surface area contributed by atoms with Gasteiger partial charge in [-0.25, -0.2) is 4.79 Å². The van der Waals surface area contributed by atoms with E-state index in [0.29, 0.717) is 24.1 Å². The molecular weight excluding hydrogens is 360 g/mol. The smallest absolute Gasteiger partial charge is 0.325 e. The predicted octanol–water partition coefficient (Wildman–Crippen LogP) is 2.02. The third kappa shape index (κ3) is 4.16. The van der Waals surface area contributed by atoms with Crippen molar-refractivity contribution in [2.45, 2.75) is 57.5 Å². The van der Waals surface area contributed by atoms with Crippen LogP contribution in [0.3, 0.4) is 0 Å². The van der Waals surface area contributed by atoms with Crippen LogP contribution in [-0.2, 0) is 9.59 Å². The maximum Gasteiger partial charge on any atom is 0.325 e. The summed E-state index contributed by atoms with van der Waals surface area (Å²) in [6, 6.07) is 5.96. The minimum Gasteiger partial charge on any atom is -0.350 e. The molecule has 150 valence electrons. The van der Waals surface area contributed by atoms with Crippen molar-refractivity contribution in [3.05, 3.63) is 29.8 Å². The number of imide groups is 1. The number of carbonyl (C=O) groups is 4. The highest BCUT2D eigenvalue weighted by molar-refractivity contribution is 6.10. The van der Waals surface area contributed by atoms with Crippen LogP contribution in [0.1, 0.15) is 56.3 Å². The molecular formula is C20H26N4O4. The van der Waals surface area contributed by atoms with Gasteiger partial charge in [0.05, 0.1) is 0 Å². The van der Waals surface area contributed by atoms with Crippen LogP contribution in [0.25, 0.3) is 0 Å². The summed E-state index contributed by atoms with van der Waals surface area (Å²) < 4.78 is 0. The highest BCUT2D eigenvalue weighted by Crippen LogP contribution is 2.33. The molecule has 0 radical (unpaired) electrons. The molecule has 5 amide bonds. The third-order valence-corrected chi connectivity index (χ3v) is 5.11. The van der Waals surface area contributed by atoms with Gasteiger partial charge in [0, 0.05) is 17.3 Å². The molecule has 2 aliphatic rings. The van der Waals surface area contributed by atoms with Gasteiger partial charge in [-0.15, -0.1) is 0 Å². The zero-order valence-electron chi connectivity index (χ0n) is 16.2. The number of carbonyl (C=O) groups excluding carboxylic acids is 4. The number of urea groups is 1. The largest absolute Gasteiger partial charge is 0.350 e. The Balaban J connectivity index is 1.59. The molecule has 8 heteroatoms. The van der Waals surface area contributed by atoms with E-state index in [1.165, 1.54) is 0 Å². The van der Waals surface area contributed by atoms with Crippen molar-refractivity contribution in [3.63, 3.8) is 0 Å². The van der Waals surface area contributed by atoms with Crippen molar-refractivity contribution in [2.75, 3.05) is 11.9 Å². The Kier molecular flexibility index (Phi) is 5.67. The zero-order chi connectivity index (χ0) is 20.3. The second kappa shape index (κ2) is 8.00. The summed E-state index contributed by atoms with van der Waals surface area (Å²) in [6.07, 6.45) is 4.08. The van der Waals surface area contributed by atoms with Crippen LogP contribution < -0.4 is 16.0 Å². The lowest BCUT2D eigenvalue weighted by Gasteiger charge is -2.30. The molecule has 0 atom stereocenters. The molecule has 3 rings (SSSR count). The number of rotatable bonds is 5. The Hall–Kier alpha value is -2.90. The van der Waals surface area contributed by atoms with E-state index in [1.54, 1.807) is 24.3 Å². The second-order valence-electron chi connectivity index (χ2n) is 7.72. The molecule has 1 heterocycles. The minimum atomic E-state index is -0.832. The fourth-order valence-corrected chi connectivity index (χ4v) is 3.71. The molecule has 8 nitrogen and oxygen atoms in total. The predicted molar refractivity (Wildman–Crippen MR) is 104 cm³/mol. The molecule has 1 aliphatic carbocycles. The second-order valence-corrected chi connectivity index (χ2v) is 7.72. The van der Waals surface area contributed by atoms with Crippen molar-refractivity contribution >= 4 is 29.4 Å². The highest BCUT2D eigenvalue weighted by atomic mass is 16.2. The van der Waals surface area contributed by atoms with E-state index in [0.717, 1.165) is 24.2 Å². The summed E-state index contributed by atoms with van der Waals surface area (Å²) in [7, 11) is 0. The van der Waals surface area contributed by atoms with E-state index in [1.807, 2.05) is 13.8 Å². The van der Waals surface area contributed by atoms with E-state index < -0.39 is 17.5 Å². The quantitative estimate of drug-likeness (QED) is 0.673. The Bertz CT molecular complexity index is 782. The molecule has 1 saturated heterocycles. The van der Waals surface area contributed by atoms with Crippen molar-refractivity contribution in [3.8, 4) is 0 Å². The molecule has 28 heavy (non-hydrogen) atoms. The number of hydrogen-bond acceptors (Lipinski definition) is 4. The number of amides is 5. The first-order chi connectivity index (χ1) is 13.3. The lowest BCUT2D eigenvalue weighted by atomic mass is 9.82. The van der Waals surface area contributed by atoms with Crippen molar-refractivity contribution in [1.29, 1.82) is 0 Å². The molecule has 1 aromatic carbocycles. The van der Waals surface area contributed by atoms with E-state index >= 15 is 0 Å². The molecule has 1 aliphatic heterocycles. The van der Waals surface area contributed by atoms with Crippen LogP contribution in [0, 0.1) is 0 Å². The fourth-order valence-electron chi connectivity index (χ4n) is 3.71. The van der Waals surface area contributed by atoms with Crippen molar-refractivity contribution < 1.29 is 19.2 Å². The van der Waals surface area contributed by atoms with Gasteiger partial charge in [0.1, 0.15) is 12.1 Å². The Morgan fingerprint density at radius 3 is 2.36 bits per heavy atom. The van der Waals surface area contributed by atoms with Crippen LogP contribution in [0.4, 0.5) is 10.5 Å². The van der Waals surface area contributed by atoms with E-state index in [2.05, 4.69) is 16.0 Å². The van der Waals surface area contributed by atoms with E-state index in [-0.39, 0.29) is 24.4 Å². The van der Waals surface area contributed by atoms with Crippen molar-refractivity contribution in [1.82, 2.24) is 15.5 Å². The summed E-state index contributed by atoms with van der Waals surface area (Å²) in [4.78, 5) is 50.2. The maximum atomic E-state index is 12.7. The molecule has 0 aromatic heterocycles. The molecule has 1 spiro atoms. The average Bonchev–Trinajstić information content (AvgIpc) is 2.86. The Morgan fingerprint density at radius 1 is 1.11 bits per heavy atom. The molecule has 1 aromatic rings. The monoisotopic (exact) mass is 386 g/mol. The van der Waals surface area contributed by atoms with Gasteiger partial charge in [0.15, 0.2) is 0 Å². The number of benzene rings is 1. The number of nitrogens with one attached hydrogen (secondary N) is 3. The zero-order valence-corrected chi connectivity index (χ0v) is 16.2. The molecule has 0 unspecified atom stereocenters. The van der Waals surface area contributed by atoms with Crippen LogP contribution in [-0.4, -0.2) is 46.8 Å². The van der Waals surface area contributed by atoms with Crippen LogP contribution in [0.5, 0.6) is 0 Å². The van der Waals surface area contributed by atoms with Crippen molar-refractivity contribution in [2.24, 2.45) is 0 Å². The Labute approximate surface area is 164 Å².